The highest BCUT2D eigenvalue weighted by Gasteiger charge is 2.41. The van der Waals surface area contributed by atoms with E-state index in [-0.39, 0.29) is 6.01 Å². The first-order chi connectivity index (χ1) is 13.4. The molecule has 1 unspecified atom stereocenters. The third kappa shape index (κ3) is 2.61. The standard InChI is InChI=1S/C16H11ClF3N7O/c17-11-3-1-2-8-6-10(25-27(8)11)13-12-9(21-7-22-12)4-5-26(13)15-24-23-14(28-15)16(18,19)20/h1-3,6-7,13H,4-5H2,(H,21,22). The highest BCUT2D eigenvalue weighted by Crippen LogP contribution is 2.38. The highest BCUT2D eigenvalue weighted by atomic mass is 35.5. The van der Waals surface area contributed by atoms with Crippen LogP contribution in [0, 0.1) is 0 Å². The van der Waals surface area contributed by atoms with Crippen LogP contribution in [-0.2, 0) is 12.6 Å². The number of pyridine rings is 1. The number of imidazole rings is 1. The Morgan fingerprint density at radius 2 is 2.11 bits per heavy atom. The third-order valence-electron chi connectivity index (χ3n) is 4.57. The summed E-state index contributed by atoms with van der Waals surface area (Å²) in [7, 11) is 0. The van der Waals surface area contributed by atoms with E-state index in [1.165, 1.54) is 0 Å². The molecule has 0 fully saturated rings. The van der Waals surface area contributed by atoms with E-state index in [1.54, 1.807) is 33.9 Å². The van der Waals surface area contributed by atoms with Crippen LogP contribution in [0.3, 0.4) is 0 Å². The average molecular weight is 410 g/mol. The lowest BCUT2D eigenvalue weighted by atomic mass is 10.0. The van der Waals surface area contributed by atoms with Gasteiger partial charge in [0.2, 0.25) is 0 Å². The van der Waals surface area contributed by atoms with Gasteiger partial charge >= 0.3 is 18.1 Å². The Labute approximate surface area is 159 Å². The van der Waals surface area contributed by atoms with E-state index >= 15 is 0 Å². The number of aromatic nitrogens is 6. The second-order valence-corrected chi connectivity index (χ2v) is 6.64. The van der Waals surface area contributed by atoms with Gasteiger partial charge in [-0.25, -0.2) is 9.50 Å². The second-order valence-electron chi connectivity index (χ2n) is 6.25. The molecule has 0 bridgehead atoms. The number of rotatable bonds is 2. The van der Waals surface area contributed by atoms with E-state index < -0.39 is 18.1 Å². The molecule has 0 saturated carbocycles. The van der Waals surface area contributed by atoms with Gasteiger partial charge in [0.1, 0.15) is 11.2 Å². The maximum absolute atomic E-state index is 12.9. The van der Waals surface area contributed by atoms with Crippen molar-refractivity contribution in [1.82, 2.24) is 29.8 Å². The molecule has 4 aromatic rings. The van der Waals surface area contributed by atoms with Crippen molar-refractivity contribution < 1.29 is 17.6 Å². The largest absolute Gasteiger partial charge is 0.470 e. The number of hydrogen-bond donors (Lipinski definition) is 1. The summed E-state index contributed by atoms with van der Waals surface area (Å²) < 4.78 is 45.2. The smallest absolute Gasteiger partial charge is 0.399 e. The first kappa shape index (κ1) is 17.0. The molecule has 1 aliphatic heterocycles. The van der Waals surface area contributed by atoms with Crippen molar-refractivity contribution in [3.63, 3.8) is 0 Å². The Balaban J connectivity index is 1.64. The molecule has 8 nitrogen and oxygen atoms in total. The predicted octanol–water partition coefficient (Wildman–Crippen LogP) is 3.26. The van der Waals surface area contributed by atoms with Crippen molar-refractivity contribution in [2.45, 2.75) is 18.6 Å². The van der Waals surface area contributed by atoms with Gasteiger partial charge in [-0.2, -0.15) is 18.3 Å². The summed E-state index contributed by atoms with van der Waals surface area (Å²) in [5, 5.41) is 11.7. The number of fused-ring (bicyclic) bond motifs is 2. The first-order valence-corrected chi connectivity index (χ1v) is 8.63. The van der Waals surface area contributed by atoms with Crippen LogP contribution < -0.4 is 4.90 Å². The quantitative estimate of drug-likeness (QED) is 0.511. The van der Waals surface area contributed by atoms with Gasteiger partial charge in [-0.15, -0.1) is 5.10 Å². The molecule has 144 valence electrons. The zero-order valence-electron chi connectivity index (χ0n) is 14.0. The number of halogens is 4. The molecule has 0 aromatic carbocycles. The lowest BCUT2D eigenvalue weighted by Gasteiger charge is -2.32. The van der Waals surface area contributed by atoms with Crippen molar-refractivity contribution in [2.75, 3.05) is 11.4 Å². The summed E-state index contributed by atoms with van der Waals surface area (Å²) >= 11 is 6.19. The average Bonchev–Trinajstić information content (AvgIpc) is 3.38. The Morgan fingerprint density at radius 1 is 1.25 bits per heavy atom. The molecule has 0 spiro atoms. The predicted molar refractivity (Wildman–Crippen MR) is 91.0 cm³/mol. The molecular weight excluding hydrogens is 399 g/mol. The zero-order valence-corrected chi connectivity index (χ0v) is 14.7. The molecule has 0 saturated heterocycles. The van der Waals surface area contributed by atoms with Gasteiger partial charge in [0.15, 0.2) is 0 Å². The van der Waals surface area contributed by atoms with Crippen LogP contribution in [0.25, 0.3) is 5.52 Å². The van der Waals surface area contributed by atoms with E-state index in [2.05, 4.69) is 25.3 Å². The number of nitrogens with zero attached hydrogens (tertiary/aromatic N) is 6. The van der Waals surface area contributed by atoms with Crippen LogP contribution in [0.4, 0.5) is 19.2 Å². The van der Waals surface area contributed by atoms with Crippen LogP contribution in [0.1, 0.15) is 29.0 Å². The SMILES string of the molecule is FC(F)(F)c1nnc(N2CCc3[nH]cnc3C2c2cc3cccc(Cl)n3n2)o1. The Hall–Kier alpha value is -3.08. The number of hydrogen-bond acceptors (Lipinski definition) is 6. The molecule has 5 rings (SSSR count). The van der Waals surface area contributed by atoms with Crippen molar-refractivity contribution >= 4 is 23.1 Å². The number of H-pyrrole nitrogens is 1. The van der Waals surface area contributed by atoms with Gasteiger partial charge in [0, 0.05) is 18.7 Å². The van der Waals surface area contributed by atoms with Crippen LogP contribution in [0.15, 0.2) is 35.0 Å². The van der Waals surface area contributed by atoms with Gasteiger partial charge in [0.25, 0.3) is 0 Å². The molecule has 5 heterocycles. The van der Waals surface area contributed by atoms with Gasteiger partial charge in [-0.05, 0) is 18.2 Å². The van der Waals surface area contributed by atoms with Crippen LogP contribution in [-0.4, -0.2) is 36.3 Å². The van der Waals surface area contributed by atoms with E-state index in [1.807, 2.05) is 6.07 Å². The molecule has 12 heteroatoms. The minimum atomic E-state index is -4.72. The molecule has 28 heavy (non-hydrogen) atoms. The summed E-state index contributed by atoms with van der Waals surface area (Å²) in [5.74, 6) is -1.40. The Morgan fingerprint density at radius 3 is 2.86 bits per heavy atom. The monoisotopic (exact) mass is 409 g/mol. The minimum absolute atomic E-state index is 0.242. The molecule has 4 aromatic heterocycles. The highest BCUT2D eigenvalue weighted by molar-refractivity contribution is 6.29. The lowest BCUT2D eigenvalue weighted by Crippen LogP contribution is -2.37. The number of anilines is 1. The van der Waals surface area contributed by atoms with Crippen molar-refractivity contribution in [2.24, 2.45) is 0 Å². The maximum atomic E-state index is 12.9. The van der Waals surface area contributed by atoms with Crippen LogP contribution >= 0.6 is 11.6 Å². The fourth-order valence-corrected chi connectivity index (χ4v) is 3.57. The van der Waals surface area contributed by atoms with Crippen LogP contribution in [0.5, 0.6) is 0 Å². The first-order valence-electron chi connectivity index (χ1n) is 8.25. The molecule has 1 N–H and O–H groups in total. The van der Waals surface area contributed by atoms with Gasteiger partial charge < -0.3 is 14.3 Å². The summed E-state index contributed by atoms with van der Waals surface area (Å²) in [4.78, 5) is 8.98. The van der Waals surface area contributed by atoms with Gasteiger partial charge in [-0.1, -0.05) is 22.8 Å². The number of alkyl halides is 3. The summed E-state index contributed by atoms with van der Waals surface area (Å²) in [6, 6.07) is 6.26. The fraction of sp³-hybridized carbons (Fsp3) is 0.250. The second kappa shape index (κ2) is 5.96. The van der Waals surface area contributed by atoms with Gasteiger partial charge in [0.05, 0.1) is 23.2 Å². The van der Waals surface area contributed by atoms with Crippen molar-refractivity contribution in [3.05, 3.63) is 58.7 Å². The number of nitrogens with one attached hydrogen (secondary N) is 1. The molecule has 1 atom stereocenters. The molecule has 0 amide bonds. The normalized spacial score (nSPS) is 17.3. The van der Waals surface area contributed by atoms with Crippen LogP contribution in [0.2, 0.25) is 5.15 Å². The fourth-order valence-electron chi connectivity index (χ4n) is 3.36. The zero-order chi connectivity index (χ0) is 19.5. The van der Waals surface area contributed by atoms with Crippen molar-refractivity contribution in [3.8, 4) is 0 Å². The summed E-state index contributed by atoms with van der Waals surface area (Å²) in [5.41, 5.74) is 2.80. The summed E-state index contributed by atoms with van der Waals surface area (Å²) in [6.45, 7) is 0.348. The minimum Gasteiger partial charge on any atom is -0.399 e. The summed E-state index contributed by atoms with van der Waals surface area (Å²) in [6.07, 6.45) is -2.65. The number of aromatic amines is 1. The Kier molecular flexibility index (Phi) is 3.63. The topological polar surface area (TPSA) is 88.1 Å². The maximum Gasteiger partial charge on any atom is 0.470 e. The van der Waals surface area contributed by atoms with Crippen molar-refractivity contribution in [1.29, 1.82) is 0 Å². The third-order valence-corrected chi connectivity index (χ3v) is 4.85. The van der Waals surface area contributed by atoms with E-state index in [0.717, 1.165) is 11.2 Å². The molecule has 0 aliphatic carbocycles. The molecule has 0 radical (unpaired) electrons. The lowest BCUT2D eigenvalue weighted by molar-refractivity contribution is -0.157. The van der Waals surface area contributed by atoms with Gasteiger partial charge in [-0.3, -0.25) is 0 Å². The van der Waals surface area contributed by atoms with E-state index in [0.29, 0.717) is 29.5 Å². The molecular formula is C16H11ClF3N7O. The Bertz CT molecular complexity index is 1160. The van der Waals surface area contributed by atoms with E-state index in [4.69, 9.17) is 16.0 Å². The molecule has 1 aliphatic rings. The van der Waals surface area contributed by atoms with E-state index in [9.17, 15) is 13.2 Å².